The van der Waals surface area contributed by atoms with Gasteiger partial charge in [0.05, 0.1) is 32.4 Å². The summed E-state index contributed by atoms with van der Waals surface area (Å²) in [5, 5.41) is 0. The van der Waals surface area contributed by atoms with Crippen LogP contribution in [-0.2, 0) is 9.47 Å². The number of fused-ring (bicyclic) bond motifs is 5. The maximum absolute atomic E-state index is 14.3. The van der Waals surface area contributed by atoms with Crippen LogP contribution >= 0.6 is 0 Å². The van der Waals surface area contributed by atoms with Crippen molar-refractivity contribution in [3.8, 4) is 16.9 Å². The van der Waals surface area contributed by atoms with Gasteiger partial charge in [0, 0.05) is 5.92 Å². The maximum Gasteiger partial charge on any atom is 0.410 e. The van der Waals surface area contributed by atoms with Crippen LogP contribution in [0, 0.1) is 5.82 Å². The minimum Gasteiger partial charge on any atom is -0.494 e. The van der Waals surface area contributed by atoms with Crippen LogP contribution in [0.1, 0.15) is 29.0 Å². The van der Waals surface area contributed by atoms with Gasteiger partial charge in [-0.25, -0.2) is 9.18 Å². The Morgan fingerprint density at radius 3 is 2.40 bits per heavy atom. The normalized spacial score (nSPS) is 20.6. The van der Waals surface area contributed by atoms with E-state index >= 15 is 0 Å². The molecule has 2 aliphatic heterocycles. The number of nitrogens with zero attached hydrogens (tertiary/aromatic N) is 1. The van der Waals surface area contributed by atoms with Crippen molar-refractivity contribution in [3.63, 3.8) is 0 Å². The van der Waals surface area contributed by atoms with E-state index in [1.54, 1.807) is 11.0 Å². The van der Waals surface area contributed by atoms with Gasteiger partial charge in [-0.2, -0.15) is 0 Å². The van der Waals surface area contributed by atoms with Crippen molar-refractivity contribution in [2.24, 2.45) is 0 Å². The Balaban J connectivity index is 1.21. The molecule has 178 valence electrons. The summed E-state index contributed by atoms with van der Waals surface area (Å²) in [6, 6.07) is 21.2. The molecule has 3 aromatic carbocycles. The highest BCUT2D eigenvalue weighted by atomic mass is 19.1. The zero-order valence-corrected chi connectivity index (χ0v) is 19.4. The largest absolute Gasteiger partial charge is 0.494 e. The fourth-order valence-electron chi connectivity index (χ4n) is 5.63. The first kappa shape index (κ1) is 21.9. The molecular formula is C29H26FNO4. The lowest BCUT2D eigenvalue weighted by Crippen LogP contribution is -2.56. The fraction of sp³-hybridized carbons (Fsp3) is 0.276. The van der Waals surface area contributed by atoms with E-state index in [1.807, 2.05) is 36.4 Å². The molecule has 6 heteroatoms. The third-order valence-corrected chi connectivity index (χ3v) is 7.27. The second kappa shape index (κ2) is 8.86. The van der Waals surface area contributed by atoms with E-state index in [4.69, 9.17) is 14.2 Å². The zero-order chi connectivity index (χ0) is 23.9. The van der Waals surface area contributed by atoms with Gasteiger partial charge in [0.2, 0.25) is 0 Å². The van der Waals surface area contributed by atoms with Crippen LogP contribution in [0.3, 0.4) is 0 Å². The van der Waals surface area contributed by atoms with E-state index in [2.05, 4.69) is 24.3 Å². The number of rotatable bonds is 4. The Labute approximate surface area is 203 Å². The minimum atomic E-state index is -0.397. The Morgan fingerprint density at radius 1 is 1.03 bits per heavy atom. The first-order chi connectivity index (χ1) is 17.1. The molecule has 3 aliphatic rings. The predicted molar refractivity (Wildman–Crippen MR) is 131 cm³/mol. The summed E-state index contributed by atoms with van der Waals surface area (Å²) in [5.74, 6) is -0.166. The van der Waals surface area contributed by atoms with Gasteiger partial charge < -0.3 is 14.2 Å². The molecule has 5 nitrogen and oxygen atoms in total. The quantitative estimate of drug-likeness (QED) is 0.494. The first-order valence-electron chi connectivity index (χ1n) is 11.9. The third kappa shape index (κ3) is 3.78. The van der Waals surface area contributed by atoms with Gasteiger partial charge >= 0.3 is 6.09 Å². The molecule has 1 amide bonds. The smallest absolute Gasteiger partial charge is 0.410 e. The lowest BCUT2D eigenvalue weighted by atomic mass is 9.90. The monoisotopic (exact) mass is 471 g/mol. The molecule has 2 bridgehead atoms. The number of benzene rings is 3. The van der Waals surface area contributed by atoms with Gasteiger partial charge in [0.15, 0.2) is 11.6 Å². The molecule has 3 aromatic rings. The van der Waals surface area contributed by atoms with Gasteiger partial charge in [0.1, 0.15) is 6.61 Å². The average molecular weight is 472 g/mol. The van der Waals surface area contributed by atoms with Gasteiger partial charge in [-0.1, -0.05) is 60.7 Å². The molecule has 1 saturated heterocycles. The summed E-state index contributed by atoms with van der Waals surface area (Å²) < 4.78 is 31.0. The van der Waals surface area contributed by atoms with Crippen LogP contribution in [0.25, 0.3) is 16.7 Å². The summed E-state index contributed by atoms with van der Waals surface area (Å²) in [5.41, 5.74) is 6.58. The summed E-state index contributed by atoms with van der Waals surface area (Å²) >= 11 is 0. The molecule has 0 radical (unpaired) electrons. The number of carbonyl (C=O) groups is 1. The number of carbonyl (C=O) groups excluding carboxylic acids is 1. The van der Waals surface area contributed by atoms with Crippen molar-refractivity contribution >= 4 is 11.7 Å². The Kier molecular flexibility index (Phi) is 5.53. The predicted octanol–water partition coefficient (Wildman–Crippen LogP) is 5.64. The highest BCUT2D eigenvalue weighted by molar-refractivity contribution is 5.79. The van der Waals surface area contributed by atoms with Gasteiger partial charge in [-0.15, -0.1) is 0 Å². The molecule has 0 aromatic heterocycles. The minimum absolute atomic E-state index is 0.0145. The number of hydrogen-bond donors (Lipinski definition) is 0. The highest BCUT2D eigenvalue weighted by Crippen LogP contribution is 2.44. The molecule has 2 heterocycles. The number of hydrogen-bond acceptors (Lipinski definition) is 4. The van der Waals surface area contributed by atoms with Crippen molar-refractivity contribution in [3.05, 3.63) is 95.3 Å². The second-order valence-corrected chi connectivity index (χ2v) is 9.22. The van der Waals surface area contributed by atoms with Crippen molar-refractivity contribution in [1.82, 2.24) is 4.90 Å². The van der Waals surface area contributed by atoms with Crippen LogP contribution in [0.4, 0.5) is 9.18 Å². The molecule has 1 fully saturated rings. The summed E-state index contributed by atoms with van der Waals surface area (Å²) in [4.78, 5) is 15.1. The van der Waals surface area contributed by atoms with E-state index in [1.165, 1.54) is 35.4 Å². The second-order valence-electron chi connectivity index (χ2n) is 9.22. The van der Waals surface area contributed by atoms with E-state index in [0.717, 1.165) is 11.1 Å². The van der Waals surface area contributed by atoms with E-state index in [-0.39, 0.29) is 36.5 Å². The molecule has 0 saturated carbocycles. The Morgan fingerprint density at radius 2 is 1.74 bits per heavy atom. The van der Waals surface area contributed by atoms with E-state index in [0.29, 0.717) is 19.6 Å². The third-order valence-electron chi connectivity index (χ3n) is 7.27. The van der Waals surface area contributed by atoms with Crippen LogP contribution in [0.5, 0.6) is 5.75 Å². The number of amides is 1. The van der Waals surface area contributed by atoms with Crippen LogP contribution in [0.15, 0.2) is 72.8 Å². The standard InChI is InChI=1S/C29H26FNO4/c1-33-28-11-10-18(14-27(28)30)19-12-20-15-34-16-21(13-19)31(20)29(32)35-17-26-24-8-4-2-6-22(24)23-7-3-5-9-25(23)26/h2-12,14,20-21,26H,13,15-17H2,1H3. The van der Waals surface area contributed by atoms with Gasteiger partial charge in [0.25, 0.3) is 0 Å². The Bertz CT molecular complexity index is 1270. The van der Waals surface area contributed by atoms with Crippen molar-refractivity contribution < 1.29 is 23.4 Å². The maximum atomic E-state index is 14.3. The van der Waals surface area contributed by atoms with Crippen LogP contribution in [-0.4, -0.2) is 50.0 Å². The van der Waals surface area contributed by atoms with E-state index in [9.17, 15) is 9.18 Å². The lowest BCUT2D eigenvalue weighted by molar-refractivity contribution is -0.0331. The van der Waals surface area contributed by atoms with Crippen LogP contribution < -0.4 is 4.74 Å². The molecule has 2 atom stereocenters. The SMILES string of the molecule is COc1ccc(C2=CC3COCC(C2)N3C(=O)OCC2c3ccccc3-c3ccccc32)cc1F. The van der Waals surface area contributed by atoms with Crippen molar-refractivity contribution in [2.75, 3.05) is 26.9 Å². The molecule has 1 aliphatic carbocycles. The highest BCUT2D eigenvalue weighted by Gasteiger charge is 2.40. The topological polar surface area (TPSA) is 48.0 Å². The number of halogens is 1. The van der Waals surface area contributed by atoms with Gasteiger partial charge in [-0.05, 0) is 51.9 Å². The number of morpholine rings is 1. The van der Waals surface area contributed by atoms with Crippen molar-refractivity contribution in [1.29, 1.82) is 0 Å². The molecule has 0 N–H and O–H groups in total. The van der Waals surface area contributed by atoms with Gasteiger partial charge in [-0.3, -0.25) is 4.90 Å². The van der Waals surface area contributed by atoms with Crippen LogP contribution in [0.2, 0.25) is 0 Å². The fourth-order valence-corrected chi connectivity index (χ4v) is 5.63. The molecular weight excluding hydrogens is 445 g/mol. The molecule has 6 rings (SSSR count). The number of ether oxygens (including phenoxy) is 3. The zero-order valence-electron chi connectivity index (χ0n) is 19.4. The number of methoxy groups -OCH3 is 1. The Hall–Kier alpha value is -3.64. The lowest BCUT2D eigenvalue weighted by Gasteiger charge is -2.44. The molecule has 0 spiro atoms. The van der Waals surface area contributed by atoms with E-state index < -0.39 is 5.82 Å². The molecule has 2 unspecified atom stereocenters. The summed E-state index contributed by atoms with van der Waals surface area (Å²) in [6.07, 6.45) is 2.24. The summed E-state index contributed by atoms with van der Waals surface area (Å²) in [6.45, 7) is 1.10. The average Bonchev–Trinajstić information content (AvgIpc) is 3.20. The molecule has 35 heavy (non-hydrogen) atoms. The first-order valence-corrected chi connectivity index (χ1v) is 11.9. The summed E-state index contributed by atoms with van der Waals surface area (Å²) in [7, 11) is 1.45. The van der Waals surface area contributed by atoms with Crippen molar-refractivity contribution in [2.45, 2.75) is 24.4 Å².